The SMILES string of the molecule is COCc1cccc(C2(CN)CC2(F)F)c1. The average molecular weight is 227 g/mol. The molecule has 1 saturated carbocycles. The van der Waals surface area contributed by atoms with Crippen molar-refractivity contribution in [3.8, 4) is 0 Å². The van der Waals surface area contributed by atoms with E-state index < -0.39 is 11.3 Å². The summed E-state index contributed by atoms with van der Waals surface area (Å²) < 4.78 is 31.7. The number of rotatable bonds is 4. The molecule has 1 aromatic rings. The average Bonchev–Trinajstić information content (AvgIpc) is 2.83. The maximum Gasteiger partial charge on any atom is 0.260 e. The van der Waals surface area contributed by atoms with Crippen molar-refractivity contribution >= 4 is 0 Å². The zero-order valence-electron chi connectivity index (χ0n) is 9.17. The van der Waals surface area contributed by atoms with Crippen LogP contribution in [0, 0.1) is 0 Å². The predicted octanol–water partition coefficient (Wildman–Crippen LogP) is 2.07. The molecule has 1 aliphatic rings. The number of hydrogen-bond acceptors (Lipinski definition) is 2. The second-order valence-electron chi connectivity index (χ2n) is 4.30. The highest BCUT2D eigenvalue weighted by Gasteiger charge is 2.71. The van der Waals surface area contributed by atoms with Gasteiger partial charge in [-0.3, -0.25) is 0 Å². The summed E-state index contributed by atoms with van der Waals surface area (Å²) in [6.07, 6.45) is -0.146. The minimum atomic E-state index is -2.66. The topological polar surface area (TPSA) is 35.2 Å². The fourth-order valence-corrected chi connectivity index (χ4v) is 2.11. The van der Waals surface area contributed by atoms with E-state index in [-0.39, 0.29) is 13.0 Å². The molecule has 2 N–H and O–H groups in total. The number of nitrogens with two attached hydrogens (primary N) is 1. The molecule has 0 aromatic heterocycles. The Kier molecular flexibility index (Phi) is 2.72. The van der Waals surface area contributed by atoms with Crippen LogP contribution in [0.3, 0.4) is 0 Å². The van der Waals surface area contributed by atoms with Gasteiger partial charge in [-0.2, -0.15) is 0 Å². The highest BCUT2D eigenvalue weighted by Crippen LogP contribution is 2.60. The second-order valence-corrected chi connectivity index (χ2v) is 4.30. The molecule has 2 nitrogen and oxygen atoms in total. The molecule has 0 saturated heterocycles. The molecule has 0 bridgehead atoms. The first-order chi connectivity index (χ1) is 7.55. The van der Waals surface area contributed by atoms with Crippen LogP contribution < -0.4 is 5.73 Å². The molecule has 0 spiro atoms. The third-order valence-electron chi connectivity index (χ3n) is 3.24. The summed E-state index contributed by atoms with van der Waals surface area (Å²) in [4.78, 5) is 0. The van der Waals surface area contributed by atoms with Crippen molar-refractivity contribution in [2.45, 2.75) is 24.4 Å². The summed E-state index contributed by atoms with van der Waals surface area (Å²) in [6.45, 7) is 0.413. The van der Waals surface area contributed by atoms with Crippen molar-refractivity contribution in [3.63, 3.8) is 0 Å². The Hall–Kier alpha value is -1.00. The van der Waals surface area contributed by atoms with E-state index in [4.69, 9.17) is 10.5 Å². The third kappa shape index (κ3) is 1.62. The summed E-state index contributed by atoms with van der Waals surface area (Å²) >= 11 is 0. The molecule has 2 rings (SSSR count). The van der Waals surface area contributed by atoms with Crippen molar-refractivity contribution in [1.29, 1.82) is 0 Å². The Morgan fingerprint density at radius 1 is 1.44 bits per heavy atom. The van der Waals surface area contributed by atoms with Gasteiger partial charge < -0.3 is 10.5 Å². The molecule has 1 atom stereocenters. The summed E-state index contributed by atoms with van der Waals surface area (Å²) in [6, 6.07) is 7.11. The van der Waals surface area contributed by atoms with Gasteiger partial charge in [-0.1, -0.05) is 24.3 Å². The highest BCUT2D eigenvalue weighted by molar-refractivity contribution is 5.40. The van der Waals surface area contributed by atoms with Gasteiger partial charge in [0.25, 0.3) is 5.92 Å². The molecule has 1 unspecified atom stereocenters. The van der Waals surface area contributed by atoms with Crippen LogP contribution >= 0.6 is 0 Å². The first-order valence-corrected chi connectivity index (χ1v) is 5.22. The monoisotopic (exact) mass is 227 g/mol. The lowest BCUT2D eigenvalue weighted by molar-refractivity contribution is 0.0895. The zero-order chi connectivity index (χ0) is 11.8. The van der Waals surface area contributed by atoms with Crippen LogP contribution in [0.25, 0.3) is 0 Å². The smallest absolute Gasteiger partial charge is 0.260 e. The van der Waals surface area contributed by atoms with Gasteiger partial charge in [0.15, 0.2) is 0 Å². The molecule has 1 aromatic carbocycles. The summed E-state index contributed by atoms with van der Waals surface area (Å²) in [5.41, 5.74) is 5.87. The fraction of sp³-hybridized carbons (Fsp3) is 0.500. The van der Waals surface area contributed by atoms with Crippen molar-refractivity contribution in [1.82, 2.24) is 0 Å². The van der Waals surface area contributed by atoms with E-state index in [1.807, 2.05) is 6.07 Å². The van der Waals surface area contributed by atoms with Crippen LogP contribution in [0.1, 0.15) is 17.5 Å². The Morgan fingerprint density at radius 2 is 2.12 bits per heavy atom. The van der Waals surface area contributed by atoms with Crippen LogP contribution in [0.15, 0.2) is 24.3 Å². The molecule has 0 radical (unpaired) electrons. The molecule has 0 amide bonds. The number of halogens is 2. The van der Waals surface area contributed by atoms with Crippen molar-refractivity contribution in [2.75, 3.05) is 13.7 Å². The lowest BCUT2D eigenvalue weighted by Gasteiger charge is -2.15. The number of alkyl halides is 2. The largest absolute Gasteiger partial charge is 0.380 e. The minimum absolute atomic E-state index is 0.0174. The maximum absolute atomic E-state index is 13.3. The van der Waals surface area contributed by atoms with Gasteiger partial charge in [0.1, 0.15) is 0 Å². The van der Waals surface area contributed by atoms with Gasteiger partial charge in [-0.05, 0) is 11.1 Å². The van der Waals surface area contributed by atoms with Crippen molar-refractivity contribution < 1.29 is 13.5 Å². The standard InChI is InChI=1S/C12H15F2NO/c1-16-6-9-3-2-4-10(5-9)11(8-15)7-12(11,13)14/h2-5H,6-8,15H2,1H3. The number of ether oxygens (including phenoxy) is 1. The zero-order valence-corrected chi connectivity index (χ0v) is 9.17. The van der Waals surface area contributed by atoms with Crippen LogP contribution in [0.5, 0.6) is 0 Å². The summed E-state index contributed by atoms with van der Waals surface area (Å²) in [5, 5.41) is 0. The van der Waals surface area contributed by atoms with Crippen LogP contribution in [-0.2, 0) is 16.8 Å². The quantitative estimate of drug-likeness (QED) is 0.854. The van der Waals surface area contributed by atoms with Crippen molar-refractivity contribution in [2.24, 2.45) is 5.73 Å². The fourth-order valence-electron chi connectivity index (χ4n) is 2.11. The first-order valence-electron chi connectivity index (χ1n) is 5.22. The number of benzene rings is 1. The molecule has 16 heavy (non-hydrogen) atoms. The van der Waals surface area contributed by atoms with Gasteiger partial charge >= 0.3 is 0 Å². The van der Waals surface area contributed by atoms with Gasteiger partial charge in [-0.15, -0.1) is 0 Å². The van der Waals surface area contributed by atoms with E-state index in [0.717, 1.165) is 5.56 Å². The second kappa shape index (κ2) is 3.79. The highest BCUT2D eigenvalue weighted by atomic mass is 19.3. The van der Waals surface area contributed by atoms with E-state index >= 15 is 0 Å². The molecular formula is C12H15F2NO. The molecule has 88 valence electrons. The van der Waals surface area contributed by atoms with Crippen LogP contribution in [0.2, 0.25) is 0 Å². The minimum Gasteiger partial charge on any atom is -0.380 e. The van der Waals surface area contributed by atoms with E-state index in [9.17, 15) is 8.78 Å². The van der Waals surface area contributed by atoms with E-state index in [1.165, 1.54) is 0 Å². The van der Waals surface area contributed by atoms with E-state index in [1.54, 1.807) is 25.3 Å². The molecule has 1 fully saturated rings. The van der Waals surface area contributed by atoms with Gasteiger partial charge in [-0.25, -0.2) is 8.78 Å². The van der Waals surface area contributed by atoms with Crippen LogP contribution in [-0.4, -0.2) is 19.6 Å². The molecular weight excluding hydrogens is 212 g/mol. The van der Waals surface area contributed by atoms with Gasteiger partial charge in [0.2, 0.25) is 0 Å². The lowest BCUT2D eigenvalue weighted by atomic mass is 9.94. The number of methoxy groups -OCH3 is 1. The lowest BCUT2D eigenvalue weighted by Crippen LogP contribution is -2.26. The first kappa shape index (κ1) is 11.5. The molecule has 4 heteroatoms. The van der Waals surface area contributed by atoms with Gasteiger partial charge in [0, 0.05) is 20.1 Å². The molecule has 0 heterocycles. The predicted molar refractivity (Wildman–Crippen MR) is 57.5 cm³/mol. The van der Waals surface area contributed by atoms with E-state index in [0.29, 0.717) is 12.2 Å². The van der Waals surface area contributed by atoms with E-state index in [2.05, 4.69) is 0 Å². The van der Waals surface area contributed by atoms with Crippen molar-refractivity contribution in [3.05, 3.63) is 35.4 Å². The Balaban J connectivity index is 2.30. The Morgan fingerprint density at radius 3 is 2.62 bits per heavy atom. The van der Waals surface area contributed by atoms with Gasteiger partial charge in [0.05, 0.1) is 12.0 Å². The number of hydrogen-bond donors (Lipinski definition) is 1. The Labute approximate surface area is 93.4 Å². The third-order valence-corrected chi connectivity index (χ3v) is 3.24. The normalized spacial score (nSPS) is 26.8. The molecule has 0 aliphatic heterocycles. The molecule has 1 aliphatic carbocycles. The Bertz CT molecular complexity index is 394. The maximum atomic E-state index is 13.3. The summed E-state index contributed by atoms with van der Waals surface area (Å²) in [7, 11) is 1.58. The summed E-state index contributed by atoms with van der Waals surface area (Å²) in [5.74, 6) is -2.66. The van der Waals surface area contributed by atoms with Crippen LogP contribution in [0.4, 0.5) is 8.78 Å².